The molecule has 4 heteroatoms. The summed E-state index contributed by atoms with van der Waals surface area (Å²) in [4.78, 5) is 4.88. The van der Waals surface area contributed by atoms with Gasteiger partial charge in [-0.05, 0) is 70.2 Å². The molecule has 3 nitrogen and oxygen atoms in total. The molecule has 0 atom stereocenters. The van der Waals surface area contributed by atoms with Gasteiger partial charge in [0.05, 0.1) is 17.5 Å². The lowest BCUT2D eigenvalue weighted by atomic mass is 10.1. The Morgan fingerprint density at radius 3 is 2.40 bits per heavy atom. The van der Waals surface area contributed by atoms with Gasteiger partial charge in [-0.1, -0.05) is 11.6 Å². The second-order valence-corrected chi connectivity index (χ2v) is 7.31. The van der Waals surface area contributed by atoms with Crippen LogP contribution < -0.4 is 10.1 Å². The maximum absolute atomic E-state index is 6.12. The molecule has 1 aromatic heterocycles. The van der Waals surface area contributed by atoms with Crippen LogP contribution in [0.2, 0.25) is 5.02 Å². The fraction of sp³-hybridized carbons (Fsp3) is 0.286. The quantitative estimate of drug-likeness (QED) is 0.590. The Balaban J connectivity index is 2.27. The number of nitrogens with zero attached hydrogens (tertiary/aromatic N) is 1. The number of benzene rings is 2. The van der Waals surface area contributed by atoms with Crippen LogP contribution in [-0.4, -0.2) is 12.1 Å². The average Bonchev–Trinajstić information content (AvgIpc) is 2.54. The highest BCUT2D eigenvalue weighted by Crippen LogP contribution is 2.26. The van der Waals surface area contributed by atoms with Gasteiger partial charge in [0.1, 0.15) is 17.1 Å². The molecule has 3 aromatic rings. The van der Waals surface area contributed by atoms with Crippen molar-refractivity contribution in [1.29, 1.82) is 0 Å². The summed E-state index contributed by atoms with van der Waals surface area (Å²) in [5.74, 6) is 1.58. The molecule has 0 aliphatic heterocycles. The molecule has 0 fully saturated rings. The number of hydrogen-bond donors (Lipinski definition) is 0. The minimum Gasteiger partial charge on any atom is -0.494 e. The Bertz CT molecular complexity index is 950. The monoisotopic (exact) mass is 355 g/mol. The molecular formula is C21H22ClNO2. The molecule has 0 saturated carbocycles. The van der Waals surface area contributed by atoms with E-state index in [1.165, 1.54) is 0 Å². The minimum atomic E-state index is -0.201. The summed E-state index contributed by atoms with van der Waals surface area (Å²) in [7, 11) is 0. The summed E-state index contributed by atoms with van der Waals surface area (Å²) in [6.07, 6.45) is 0. The van der Waals surface area contributed by atoms with Gasteiger partial charge in [-0.3, -0.25) is 4.99 Å². The molecule has 130 valence electrons. The third-order valence-electron chi connectivity index (χ3n) is 3.61. The molecule has 0 N–H and O–H groups in total. The first-order valence-electron chi connectivity index (χ1n) is 8.38. The first-order valence-corrected chi connectivity index (χ1v) is 8.76. The Morgan fingerprint density at radius 1 is 1.04 bits per heavy atom. The Hall–Kier alpha value is -2.26. The SMILES string of the molecule is CCOc1ccc2oc(-c3ccc(Cl)cc3)cc(=NC(C)(C)C)c2c1. The third-order valence-corrected chi connectivity index (χ3v) is 3.86. The molecule has 0 bridgehead atoms. The van der Waals surface area contributed by atoms with Crippen molar-refractivity contribution in [3.8, 4) is 17.1 Å². The molecule has 25 heavy (non-hydrogen) atoms. The van der Waals surface area contributed by atoms with Gasteiger partial charge in [-0.25, -0.2) is 0 Å². The van der Waals surface area contributed by atoms with Crippen molar-refractivity contribution < 1.29 is 9.15 Å². The first-order chi connectivity index (χ1) is 11.9. The van der Waals surface area contributed by atoms with E-state index in [4.69, 9.17) is 25.7 Å². The molecule has 2 aromatic carbocycles. The van der Waals surface area contributed by atoms with Gasteiger partial charge in [0.15, 0.2) is 0 Å². The van der Waals surface area contributed by atoms with Gasteiger partial charge in [-0.2, -0.15) is 0 Å². The van der Waals surface area contributed by atoms with Crippen LogP contribution in [0.1, 0.15) is 27.7 Å². The predicted molar refractivity (Wildman–Crippen MR) is 103 cm³/mol. The fourth-order valence-corrected chi connectivity index (χ4v) is 2.74. The zero-order valence-electron chi connectivity index (χ0n) is 15.0. The van der Waals surface area contributed by atoms with E-state index in [9.17, 15) is 0 Å². The number of halogens is 1. The maximum Gasteiger partial charge on any atom is 0.137 e. The fourth-order valence-electron chi connectivity index (χ4n) is 2.61. The number of hydrogen-bond acceptors (Lipinski definition) is 3. The van der Waals surface area contributed by atoms with E-state index in [1.807, 2.05) is 55.5 Å². The van der Waals surface area contributed by atoms with Crippen molar-refractivity contribution in [3.63, 3.8) is 0 Å². The van der Waals surface area contributed by atoms with Gasteiger partial charge in [0.2, 0.25) is 0 Å². The average molecular weight is 356 g/mol. The maximum atomic E-state index is 6.12. The second kappa shape index (κ2) is 6.93. The van der Waals surface area contributed by atoms with Gasteiger partial charge < -0.3 is 9.15 Å². The van der Waals surface area contributed by atoms with Gasteiger partial charge in [-0.15, -0.1) is 0 Å². The van der Waals surface area contributed by atoms with E-state index in [2.05, 4.69) is 20.8 Å². The van der Waals surface area contributed by atoms with E-state index in [1.54, 1.807) is 0 Å². The van der Waals surface area contributed by atoms with Gasteiger partial charge >= 0.3 is 0 Å². The summed E-state index contributed by atoms with van der Waals surface area (Å²) < 4.78 is 11.7. The molecule has 3 rings (SSSR count). The van der Waals surface area contributed by atoms with E-state index >= 15 is 0 Å². The van der Waals surface area contributed by atoms with Crippen LogP contribution in [0.15, 0.2) is 57.9 Å². The van der Waals surface area contributed by atoms with Gasteiger partial charge in [0.25, 0.3) is 0 Å². The molecule has 0 amide bonds. The van der Waals surface area contributed by atoms with Crippen LogP contribution in [-0.2, 0) is 0 Å². The molecular weight excluding hydrogens is 334 g/mol. The molecule has 0 saturated heterocycles. The van der Waals surface area contributed by atoms with Crippen LogP contribution in [0.25, 0.3) is 22.3 Å². The molecule has 1 heterocycles. The van der Waals surface area contributed by atoms with E-state index < -0.39 is 0 Å². The van der Waals surface area contributed by atoms with E-state index in [0.717, 1.165) is 33.4 Å². The topological polar surface area (TPSA) is 34.7 Å². The molecule has 0 spiro atoms. The van der Waals surface area contributed by atoms with Crippen LogP contribution in [0.3, 0.4) is 0 Å². The lowest BCUT2D eigenvalue weighted by Crippen LogP contribution is -2.17. The summed E-state index contributed by atoms with van der Waals surface area (Å²) in [6.45, 7) is 8.84. The van der Waals surface area contributed by atoms with Crippen LogP contribution in [0.4, 0.5) is 0 Å². The second-order valence-electron chi connectivity index (χ2n) is 6.88. The van der Waals surface area contributed by atoms with Crippen LogP contribution in [0.5, 0.6) is 5.75 Å². The molecule has 0 aliphatic carbocycles. The third kappa shape index (κ3) is 4.23. The van der Waals surface area contributed by atoms with Crippen LogP contribution >= 0.6 is 11.6 Å². The number of rotatable bonds is 3. The molecule has 0 radical (unpaired) electrons. The minimum absolute atomic E-state index is 0.201. The number of fused-ring (bicyclic) bond motifs is 1. The zero-order chi connectivity index (χ0) is 18.0. The smallest absolute Gasteiger partial charge is 0.137 e. The summed E-state index contributed by atoms with van der Waals surface area (Å²) in [6, 6.07) is 15.4. The van der Waals surface area contributed by atoms with Crippen LogP contribution in [0, 0.1) is 0 Å². The normalized spacial score (nSPS) is 12.6. The van der Waals surface area contributed by atoms with E-state index in [0.29, 0.717) is 11.6 Å². The Morgan fingerprint density at radius 2 is 1.76 bits per heavy atom. The standard InChI is InChI=1S/C21H22ClNO2/c1-5-24-16-10-11-19-17(12-16)18(23-21(2,3)4)13-20(25-19)14-6-8-15(22)9-7-14/h6-13H,5H2,1-4H3. The first kappa shape index (κ1) is 17.6. The zero-order valence-corrected chi connectivity index (χ0v) is 15.7. The highest BCUT2D eigenvalue weighted by Gasteiger charge is 2.11. The summed E-state index contributed by atoms with van der Waals surface area (Å²) in [5, 5.41) is 2.53. The predicted octanol–water partition coefficient (Wildman–Crippen LogP) is 5.85. The van der Waals surface area contributed by atoms with Crippen molar-refractivity contribution in [2.24, 2.45) is 4.99 Å². The van der Waals surface area contributed by atoms with Crippen molar-refractivity contribution >= 4 is 22.6 Å². The highest BCUT2D eigenvalue weighted by atomic mass is 35.5. The lowest BCUT2D eigenvalue weighted by Gasteiger charge is -2.13. The largest absolute Gasteiger partial charge is 0.494 e. The van der Waals surface area contributed by atoms with Crippen molar-refractivity contribution in [2.45, 2.75) is 33.2 Å². The van der Waals surface area contributed by atoms with E-state index in [-0.39, 0.29) is 5.54 Å². The number of ether oxygens (including phenoxy) is 1. The van der Waals surface area contributed by atoms with Gasteiger partial charge in [0, 0.05) is 22.0 Å². The molecule has 0 unspecified atom stereocenters. The summed E-state index contributed by atoms with van der Waals surface area (Å²) in [5.41, 5.74) is 1.54. The molecule has 0 aliphatic rings. The Kier molecular flexibility index (Phi) is 4.87. The Labute approximate surface area is 152 Å². The van der Waals surface area contributed by atoms with Crippen molar-refractivity contribution in [2.75, 3.05) is 6.61 Å². The van der Waals surface area contributed by atoms with Crippen molar-refractivity contribution in [1.82, 2.24) is 0 Å². The summed E-state index contributed by atoms with van der Waals surface area (Å²) >= 11 is 6.00. The highest BCUT2D eigenvalue weighted by molar-refractivity contribution is 6.30. The van der Waals surface area contributed by atoms with Crippen molar-refractivity contribution in [3.05, 3.63) is 58.9 Å². The lowest BCUT2D eigenvalue weighted by molar-refractivity contribution is 0.340.